The molecule has 2 unspecified atom stereocenters. The van der Waals surface area contributed by atoms with Crippen LogP contribution in [0.1, 0.15) is 117 Å². The highest BCUT2D eigenvalue weighted by molar-refractivity contribution is 8.76. The van der Waals surface area contributed by atoms with Crippen LogP contribution >= 0.6 is 21.6 Å². The predicted octanol–water partition coefficient (Wildman–Crippen LogP) is 7.57. The van der Waals surface area contributed by atoms with Gasteiger partial charge in [-0.3, -0.25) is 4.79 Å². The lowest BCUT2D eigenvalue weighted by Crippen LogP contribution is -2.31. The van der Waals surface area contributed by atoms with Gasteiger partial charge in [-0.05, 0) is 19.8 Å². The van der Waals surface area contributed by atoms with Crippen LogP contribution in [0.25, 0.3) is 0 Å². The Morgan fingerprint density at radius 2 is 1.29 bits per heavy atom. The normalized spacial score (nSPS) is 17.8. The molecular formula is C28H55NO4S2. The average molecular weight is 534 g/mol. The number of hydrogen-bond acceptors (Lipinski definition) is 6. The Bertz CT molecular complexity index is 470. The number of carbonyl (C=O) groups excluding carboxylic acids is 1. The molecule has 1 aliphatic heterocycles. The van der Waals surface area contributed by atoms with Crippen molar-refractivity contribution in [2.45, 2.75) is 129 Å². The first-order valence-electron chi connectivity index (χ1n) is 14.6. The fraction of sp³-hybridized carbons (Fsp3) is 0.964. The standard InChI is InChI=1S/C28H55NO4S2/c1-3-5-6-7-8-9-10-11-12-13-14-15-16-17-22-34-35-23-19-28(30)29-20-18-21-33-27-25-31-24-26(27)32-4-2/h26-27H,3-25H2,1-2H3,(H,29,30). The minimum absolute atomic E-state index is 0.0267. The number of ether oxygens (including phenoxy) is 3. The van der Waals surface area contributed by atoms with E-state index in [1.54, 1.807) is 0 Å². The molecule has 1 fully saturated rings. The fourth-order valence-electron chi connectivity index (χ4n) is 4.27. The predicted molar refractivity (Wildman–Crippen MR) is 153 cm³/mol. The lowest BCUT2D eigenvalue weighted by molar-refractivity contribution is -0.120. The lowest BCUT2D eigenvalue weighted by atomic mass is 10.0. The van der Waals surface area contributed by atoms with Gasteiger partial charge < -0.3 is 19.5 Å². The summed E-state index contributed by atoms with van der Waals surface area (Å²) in [5.41, 5.74) is 0. The van der Waals surface area contributed by atoms with E-state index in [4.69, 9.17) is 14.2 Å². The van der Waals surface area contributed by atoms with Gasteiger partial charge in [-0.25, -0.2) is 0 Å². The number of carbonyl (C=O) groups is 1. The van der Waals surface area contributed by atoms with Gasteiger partial charge in [0, 0.05) is 37.7 Å². The van der Waals surface area contributed by atoms with Crippen LogP contribution in [-0.4, -0.2) is 62.6 Å². The zero-order chi connectivity index (χ0) is 25.2. The van der Waals surface area contributed by atoms with Crippen LogP contribution in [0, 0.1) is 0 Å². The van der Waals surface area contributed by atoms with E-state index in [2.05, 4.69) is 12.2 Å². The quantitative estimate of drug-likeness (QED) is 0.0914. The summed E-state index contributed by atoms with van der Waals surface area (Å²) in [5, 5.41) is 3.00. The first-order chi connectivity index (χ1) is 17.3. The molecular weight excluding hydrogens is 478 g/mol. The largest absolute Gasteiger partial charge is 0.376 e. The van der Waals surface area contributed by atoms with Gasteiger partial charge in [-0.15, -0.1) is 0 Å². The van der Waals surface area contributed by atoms with Gasteiger partial charge in [0.1, 0.15) is 12.2 Å². The van der Waals surface area contributed by atoms with Gasteiger partial charge in [0.25, 0.3) is 0 Å². The molecule has 35 heavy (non-hydrogen) atoms. The molecule has 1 rings (SSSR count). The number of amides is 1. The molecule has 0 saturated carbocycles. The van der Waals surface area contributed by atoms with Crippen LogP contribution in [0.5, 0.6) is 0 Å². The van der Waals surface area contributed by atoms with Crippen molar-refractivity contribution in [2.75, 3.05) is 44.5 Å². The van der Waals surface area contributed by atoms with E-state index in [1.165, 1.54) is 95.6 Å². The second kappa shape index (κ2) is 25.7. The Morgan fingerprint density at radius 1 is 0.743 bits per heavy atom. The maximum Gasteiger partial charge on any atom is 0.220 e. The second-order valence-electron chi connectivity index (χ2n) is 9.63. The van der Waals surface area contributed by atoms with Crippen molar-refractivity contribution < 1.29 is 19.0 Å². The molecule has 1 amide bonds. The highest BCUT2D eigenvalue weighted by Gasteiger charge is 2.29. The summed E-state index contributed by atoms with van der Waals surface area (Å²) in [4.78, 5) is 12.0. The SMILES string of the molecule is CCCCCCCCCCCCCCCCSSCCC(=O)NCCCOC1COCC1OCC. The fourth-order valence-corrected chi connectivity index (χ4v) is 6.41. The van der Waals surface area contributed by atoms with Crippen molar-refractivity contribution in [1.82, 2.24) is 5.32 Å². The van der Waals surface area contributed by atoms with Crippen molar-refractivity contribution >= 4 is 27.5 Å². The molecule has 0 aromatic heterocycles. The maximum atomic E-state index is 12.0. The van der Waals surface area contributed by atoms with E-state index in [0.717, 1.165) is 12.2 Å². The molecule has 0 radical (unpaired) electrons. The van der Waals surface area contributed by atoms with Crippen LogP contribution in [0.15, 0.2) is 0 Å². The highest BCUT2D eigenvalue weighted by Crippen LogP contribution is 2.24. The summed E-state index contributed by atoms with van der Waals surface area (Å²) < 4.78 is 16.9. The third-order valence-corrected chi connectivity index (χ3v) is 8.90. The van der Waals surface area contributed by atoms with E-state index in [1.807, 2.05) is 28.5 Å². The number of unbranched alkanes of at least 4 members (excludes halogenated alkanes) is 13. The summed E-state index contributed by atoms with van der Waals surface area (Å²) in [5.74, 6) is 2.24. The van der Waals surface area contributed by atoms with E-state index < -0.39 is 0 Å². The second-order valence-corrected chi connectivity index (χ2v) is 12.3. The van der Waals surface area contributed by atoms with Crippen molar-refractivity contribution in [3.8, 4) is 0 Å². The first kappa shape index (κ1) is 33.1. The van der Waals surface area contributed by atoms with E-state index in [-0.39, 0.29) is 18.1 Å². The van der Waals surface area contributed by atoms with Gasteiger partial charge in [-0.1, -0.05) is 112 Å². The van der Waals surface area contributed by atoms with Crippen molar-refractivity contribution in [3.63, 3.8) is 0 Å². The molecule has 1 N–H and O–H groups in total. The number of nitrogens with one attached hydrogen (secondary N) is 1. The molecule has 0 bridgehead atoms. The highest BCUT2D eigenvalue weighted by atomic mass is 33.1. The van der Waals surface area contributed by atoms with E-state index in [9.17, 15) is 4.79 Å². The molecule has 7 heteroatoms. The lowest BCUT2D eigenvalue weighted by Gasteiger charge is -2.18. The van der Waals surface area contributed by atoms with Gasteiger partial charge >= 0.3 is 0 Å². The van der Waals surface area contributed by atoms with Gasteiger partial charge in [0.05, 0.1) is 13.2 Å². The molecule has 1 aliphatic rings. The third kappa shape index (κ3) is 20.8. The Hall–Kier alpha value is 0.0500. The molecule has 0 spiro atoms. The van der Waals surface area contributed by atoms with E-state index >= 15 is 0 Å². The molecule has 2 atom stereocenters. The van der Waals surface area contributed by atoms with Crippen molar-refractivity contribution in [2.24, 2.45) is 0 Å². The maximum absolute atomic E-state index is 12.0. The smallest absolute Gasteiger partial charge is 0.220 e. The number of rotatable bonds is 26. The topological polar surface area (TPSA) is 56.8 Å². The molecule has 0 aromatic carbocycles. The summed E-state index contributed by atoms with van der Waals surface area (Å²) >= 11 is 0. The Morgan fingerprint density at radius 3 is 1.89 bits per heavy atom. The van der Waals surface area contributed by atoms with Crippen molar-refractivity contribution in [1.29, 1.82) is 0 Å². The first-order valence-corrected chi connectivity index (χ1v) is 17.1. The van der Waals surface area contributed by atoms with Gasteiger partial charge in [0.2, 0.25) is 5.91 Å². The average Bonchev–Trinajstić information content (AvgIpc) is 3.30. The molecule has 1 heterocycles. The molecule has 0 aromatic rings. The molecule has 0 aliphatic carbocycles. The summed E-state index contributed by atoms with van der Waals surface area (Å²) in [6.07, 6.45) is 21.2. The molecule has 1 saturated heterocycles. The van der Waals surface area contributed by atoms with Crippen LogP contribution in [0.2, 0.25) is 0 Å². The number of hydrogen-bond donors (Lipinski definition) is 1. The van der Waals surface area contributed by atoms with Crippen LogP contribution in [0.4, 0.5) is 0 Å². The summed E-state index contributed by atoms with van der Waals surface area (Å²) in [6, 6.07) is 0. The Labute approximate surface area is 224 Å². The summed E-state index contributed by atoms with van der Waals surface area (Å²) in [7, 11) is 3.76. The van der Waals surface area contributed by atoms with Crippen LogP contribution in [-0.2, 0) is 19.0 Å². The minimum atomic E-state index is 0.0267. The molecule has 5 nitrogen and oxygen atoms in total. The third-order valence-electron chi connectivity index (χ3n) is 6.41. The zero-order valence-electron chi connectivity index (χ0n) is 22.9. The van der Waals surface area contributed by atoms with Gasteiger partial charge in [0.15, 0.2) is 0 Å². The Balaban J connectivity index is 1.74. The minimum Gasteiger partial charge on any atom is -0.376 e. The van der Waals surface area contributed by atoms with Crippen LogP contribution in [0.3, 0.4) is 0 Å². The zero-order valence-corrected chi connectivity index (χ0v) is 24.5. The van der Waals surface area contributed by atoms with E-state index in [0.29, 0.717) is 39.4 Å². The van der Waals surface area contributed by atoms with Crippen LogP contribution < -0.4 is 5.32 Å². The van der Waals surface area contributed by atoms with Gasteiger partial charge in [-0.2, -0.15) is 0 Å². The Kier molecular flexibility index (Phi) is 24.3. The molecule has 208 valence electrons. The monoisotopic (exact) mass is 533 g/mol. The van der Waals surface area contributed by atoms with Crippen molar-refractivity contribution in [3.05, 3.63) is 0 Å². The summed E-state index contributed by atoms with van der Waals surface area (Å²) in [6.45, 7) is 7.47.